The third-order valence-electron chi connectivity index (χ3n) is 5.30. The Morgan fingerprint density at radius 1 is 1.38 bits per heavy atom. The number of hydrogen-bond donors (Lipinski definition) is 1. The number of carbonyl (C=O) groups excluding carboxylic acids is 1. The van der Waals surface area contributed by atoms with Gasteiger partial charge in [0.15, 0.2) is 0 Å². The Hall–Kier alpha value is -2.71. The maximum Gasteiger partial charge on any atom is 0.227 e. The zero-order chi connectivity index (χ0) is 20.5. The largest absolute Gasteiger partial charge is 0.373 e. The summed E-state index contributed by atoms with van der Waals surface area (Å²) in [4.78, 5) is 25.1. The van der Waals surface area contributed by atoms with Crippen molar-refractivity contribution < 1.29 is 9.53 Å². The number of likely N-dealkylation sites (N-methyl/N-ethyl adjacent to an activating group) is 1. The van der Waals surface area contributed by atoms with Crippen LogP contribution in [0.25, 0.3) is 11.0 Å². The molecule has 0 unspecified atom stereocenters. The summed E-state index contributed by atoms with van der Waals surface area (Å²) in [5, 5.41) is 4.32. The van der Waals surface area contributed by atoms with Crippen molar-refractivity contribution in [3.8, 4) is 0 Å². The van der Waals surface area contributed by atoms with Gasteiger partial charge in [-0.05, 0) is 38.7 Å². The Bertz CT molecular complexity index is 1010. The summed E-state index contributed by atoms with van der Waals surface area (Å²) < 4.78 is 7.84. The van der Waals surface area contributed by atoms with Crippen molar-refractivity contribution in [3.63, 3.8) is 0 Å². The lowest BCUT2D eigenvalue weighted by molar-refractivity contribution is -0.147. The van der Waals surface area contributed by atoms with Crippen LogP contribution in [0.5, 0.6) is 0 Å². The van der Waals surface area contributed by atoms with E-state index in [9.17, 15) is 4.79 Å². The Balaban J connectivity index is 1.59. The van der Waals surface area contributed by atoms with Crippen LogP contribution in [0, 0.1) is 6.92 Å². The number of nitrogens with one attached hydrogen (secondary N) is 1. The Morgan fingerprint density at radius 2 is 2.21 bits per heavy atom. The molecule has 0 radical (unpaired) electrons. The van der Waals surface area contributed by atoms with Gasteiger partial charge >= 0.3 is 0 Å². The fraction of sp³-hybridized carbons (Fsp3) is 0.476. The van der Waals surface area contributed by atoms with E-state index < -0.39 is 0 Å². The summed E-state index contributed by atoms with van der Waals surface area (Å²) in [6, 6.07) is 5.82. The molecule has 0 bridgehead atoms. The standard InChI is InChI=1S/C21H28N6O2/c1-14-23-17-6-5-15(9-18(17)24-14)10-20(28)27-7-8-29-19(13-25(2)3)21(27)16-11-22-26(4)12-16/h5-6,9,11-12,19,21H,7-8,10,13H2,1-4H3,(H,23,24)/t19-,21-/m0/s1. The van der Waals surface area contributed by atoms with E-state index >= 15 is 0 Å². The number of benzene rings is 1. The Labute approximate surface area is 170 Å². The highest BCUT2D eigenvalue weighted by Crippen LogP contribution is 2.30. The van der Waals surface area contributed by atoms with Crippen LogP contribution in [0.1, 0.15) is 23.0 Å². The Morgan fingerprint density at radius 3 is 2.93 bits per heavy atom. The quantitative estimate of drug-likeness (QED) is 0.710. The minimum atomic E-state index is -0.148. The predicted molar refractivity (Wildman–Crippen MR) is 110 cm³/mol. The van der Waals surface area contributed by atoms with E-state index in [0.29, 0.717) is 19.6 Å². The number of aromatic nitrogens is 4. The van der Waals surface area contributed by atoms with E-state index in [2.05, 4.69) is 20.0 Å². The molecule has 1 saturated heterocycles. The van der Waals surface area contributed by atoms with Gasteiger partial charge in [0.25, 0.3) is 0 Å². The van der Waals surface area contributed by atoms with Gasteiger partial charge in [0.2, 0.25) is 5.91 Å². The molecule has 1 amide bonds. The first-order valence-electron chi connectivity index (χ1n) is 9.90. The molecule has 4 rings (SSSR count). The molecule has 0 saturated carbocycles. The van der Waals surface area contributed by atoms with Crippen LogP contribution in [0.15, 0.2) is 30.6 Å². The number of rotatable bonds is 5. The first-order valence-corrected chi connectivity index (χ1v) is 9.90. The van der Waals surface area contributed by atoms with Gasteiger partial charge in [0.05, 0.1) is 42.4 Å². The summed E-state index contributed by atoms with van der Waals surface area (Å²) in [6.45, 7) is 3.79. The molecule has 8 nitrogen and oxygen atoms in total. The topological polar surface area (TPSA) is 79.3 Å². The molecule has 154 valence electrons. The highest BCUT2D eigenvalue weighted by Gasteiger charge is 2.37. The van der Waals surface area contributed by atoms with E-state index in [4.69, 9.17) is 4.74 Å². The fourth-order valence-corrected chi connectivity index (χ4v) is 4.08. The molecule has 1 N–H and O–H groups in total. The molecule has 0 spiro atoms. The van der Waals surface area contributed by atoms with Gasteiger partial charge in [-0.15, -0.1) is 0 Å². The lowest BCUT2D eigenvalue weighted by atomic mass is 9.99. The lowest BCUT2D eigenvalue weighted by Crippen LogP contribution is -2.51. The normalized spacial score (nSPS) is 20.0. The number of aryl methyl sites for hydroxylation is 2. The van der Waals surface area contributed by atoms with E-state index in [1.54, 1.807) is 4.68 Å². The van der Waals surface area contributed by atoms with Gasteiger partial charge in [-0.1, -0.05) is 6.07 Å². The number of H-pyrrole nitrogens is 1. The molecule has 29 heavy (non-hydrogen) atoms. The van der Waals surface area contributed by atoms with Crippen LogP contribution in [0.3, 0.4) is 0 Å². The second-order valence-electron chi connectivity index (χ2n) is 8.00. The lowest BCUT2D eigenvalue weighted by Gasteiger charge is -2.42. The number of nitrogens with zero attached hydrogens (tertiary/aromatic N) is 5. The third-order valence-corrected chi connectivity index (χ3v) is 5.30. The number of aromatic amines is 1. The zero-order valence-corrected chi connectivity index (χ0v) is 17.4. The van der Waals surface area contributed by atoms with Crippen LogP contribution >= 0.6 is 0 Å². The van der Waals surface area contributed by atoms with Gasteiger partial charge in [0.1, 0.15) is 5.82 Å². The van der Waals surface area contributed by atoms with Gasteiger partial charge in [-0.2, -0.15) is 5.10 Å². The number of amides is 1. The van der Waals surface area contributed by atoms with Crippen molar-refractivity contribution in [2.24, 2.45) is 7.05 Å². The number of ether oxygens (including phenoxy) is 1. The van der Waals surface area contributed by atoms with Crippen LogP contribution in [0.2, 0.25) is 0 Å². The summed E-state index contributed by atoms with van der Waals surface area (Å²) in [7, 11) is 5.93. The molecule has 2 atom stereocenters. The molecule has 3 heterocycles. The number of carbonyl (C=O) groups is 1. The molecule has 1 aliphatic heterocycles. The van der Waals surface area contributed by atoms with E-state index in [-0.39, 0.29) is 18.1 Å². The van der Waals surface area contributed by atoms with Crippen molar-refractivity contribution in [2.45, 2.75) is 25.5 Å². The molecule has 1 aromatic carbocycles. The highest BCUT2D eigenvalue weighted by atomic mass is 16.5. The molecule has 1 aliphatic rings. The smallest absolute Gasteiger partial charge is 0.227 e. The summed E-state index contributed by atoms with van der Waals surface area (Å²) in [6.07, 6.45) is 4.06. The van der Waals surface area contributed by atoms with Crippen LogP contribution in [-0.4, -0.2) is 75.4 Å². The van der Waals surface area contributed by atoms with Gasteiger partial charge in [0, 0.05) is 31.9 Å². The minimum Gasteiger partial charge on any atom is -0.373 e. The second kappa shape index (κ2) is 7.96. The molecule has 2 aromatic heterocycles. The number of imidazole rings is 1. The number of hydrogen-bond acceptors (Lipinski definition) is 5. The number of fused-ring (bicyclic) bond motifs is 1. The molecule has 0 aliphatic carbocycles. The minimum absolute atomic E-state index is 0.0929. The maximum absolute atomic E-state index is 13.3. The molecule has 1 fully saturated rings. The van der Waals surface area contributed by atoms with Crippen molar-refractivity contribution >= 4 is 16.9 Å². The molecule has 3 aromatic rings. The predicted octanol–water partition coefficient (Wildman–Crippen LogP) is 1.68. The SMILES string of the molecule is Cc1nc2ccc(CC(=O)N3CCO[C@@H](CN(C)C)[C@@H]3c3cnn(C)c3)cc2[nH]1. The van der Waals surface area contributed by atoms with E-state index in [0.717, 1.165) is 34.5 Å². The van der Waals surface area contributed by atoms with Crippen LogP contribution in [0.4, 0.5) is 0 Å². The highest BCUT2D eigenvalue weighted by molar-refractivity contribution is 5.82. The fourth-order valence-electron chi connectivity index (χ4n) is 4.08. The third kappa shape index (κ3) is 4.18. The summed E-state index contributed by atoms with van der Waals surface area (Å²) >= 11 is 0. The summed E-state index contributed by atoms with van der Waals surface area (Å²) in [5.41, 5.74) is 3.87. The van der Waals surface area contributed by atoms with Crippen molar-refractivity contribution in [1.82, 2.24) is 29.5 Å². The molecular formula is C21H28N6O2. The van der Waals surface area contributed by atoms with Crippen molar-refractivity contribution in [2.75, 3.05) is 33.8 Å². The first kappa shape index (κ1) is 19.6. The first-order chi connectivity index (χ1) is 13.9. The second-order valence-corrected chi connectivity index (χ2v) is 8.00. The monoisotopic (exact) mass is 396 g/mol. The average molecular weight is 396 g/mol. The Kier molecular flexibility index (Phi) is 5.38. The van der Waals surface area contributed by atoms with Gasteiger partial charge in [-0.25, -0.2) is 4.98 Å². The van der Waals surface area contributed by atoms with Crippen LogP contribution < -0.4 is 0 Å². The average Bonchev–Trinajstić information content (AvgIpc) is 3.25. The van der Waals surface area contributed by atoms with Crippen molar-refractivity contribution in [1.29, 1.82) is 0 Å². The number of morpholine rings is 1. The summed E-state index contributed by atoms with van der Waals surface area (Å²) in [5.74, 6) is 0.973. The molecular weight excluding hydrogens is 368 g/mol. The van der Waals surface area contributed by atoms with Gasteiger partial charge < -0.3 is 19.5 Å². The molecule has 8 heteroatoms. The maximum atomic E-state index is 13.3. The van der Waals surface area contributed by atoms with E-state index in [1.165, 1.54) is 0 Å². The van der Waals surface area contributed by atoms with Gasteiger partial charge in [-0.3, -0.25) is 9.48 Å². The zero-order valence-electron chi connectivity index (χ0n) is 17.4. The van der Waals surface area contributed by atoms with E-state index in [1.807, 2.05) is 63.6 Å². The van der Waals surface area contributed by atoms with Crippen molar-refractivity contribution in [3.05, 3.63) is 47.5 Å². The van der Waals surface area contributed by atoms with Crippen LogP contribution in [-0.2, 0) is 23.0 Å².